The summed E-state index contributed by atoms with van der Waals surface area (Å²) in [6.45, 7) is 3.76. The fraction of sp³-hybridized carbons (Fsp3) is 0.211. The second-order valence-electron chi connectivity index (χ2n) is 12.8. The van der Waals surface area contributed by atoms with Crippen molar-refractivity contribution in [1.29, 1.82) is 0 Å². The molecule has 0 aromatic heterocycles. The summed E-state index contributed by atoms with van der Waals surface area (Å²) in [7, 11) is 0. The lowest BCUT2D eigenvalue weighted by atomic mass is 9.56. The largest absolute Gasteiger partial charge is 0.507 e. The van der Waals surface area contributed by atoms with E-state index in [9.17, 15) is 28.7 Å². The first-order valence-electron chi connectivity index (χ1n) is 15.5. The molecule has 1 N–H and O–H groups in total. The van der Waals surface area contributed by atoms with Crippen LogP contribution in [0.15, 0.2) is 103 Å². The number of allylic oxidation sites excluding steroid dienone is 2. The number of fused-ring (bicyclic) bond motifs is 5. The summed E-state index contributed by atoms with van der Waals surface area (Å²) >= 11 is 14.9. The number of carbonyl (C=O) groups is 4. The van der Waals surface area contributed by atoms with E-state index in [0.29, 0.717) is 16.6 Å². The van der Waals surface area contributed by atoms with E-state index in [1.165, 1.54) is 17.0 Å². The molecule has 2 aliphatic heterocycles. The number of carbonyl (C=O) groups excluding carboxylic acids is 4. The molecular weight excluding hydrogens is 654 g/mol. The van der Waals surface area contributed by atoms with Gasteiger partial charge in [0.1, 0.15) is 11.6 Å². The molecule has 0 spiro atoms. The zero-order chi connectivity index (χ0) is 33.7. The van der Waals surface area contributed by atoms with Crippen LogP contribution in [0, 0.1) is 23.6 Å². The second-order valence-corrected chi connectivity index (χ2v) is 14.0. The minimum absolute atomic E-state index is 0.0819. The van der Waals surface area contributed by atoms with E-state index in [-0.39, 0.29) is 35.7 Å². The van der Waals surface area contributed by atoms with Crippen LogP contribution in [0.25, 0.3) is 16.8 Å². The fourth-order valence-electron chi connectivity index (χ4n) is 8.26. The van der Waals surface area contributed by atoms with Crippen LogP contribution in [0.2, 0.25) is 0 Å². The Labute approximate surface area is 284 Å². The molecule has 0 radical (unpaired) electrons. The van der Waals surface area contributed by atoms with Gasteiger partial charge in [0.25, 0.3) is 11.8 Å². The molecule has 4 aliphatic rings. The van der Waals surface area contributed by atoms with Gasteiger partial charge in [-0.2, -0.15) is 0 Å². The van der Waals surface area contributed by atoms with Crippen LogP contribution in [0.3, 0.4) is 0 Å². The number of phenols is 1. The third kappa shape index (κ3) is 3.93. The highest BCUT2D eigenvalue weighted by molar-refractivity contribution is 6.58. The number of benzene rings is 4. The van der Waals surface area contributed by atoms with Crippen LogP contribution in [0.4, 0.5) is 15.8 Å². The normalized spacial score (nSPS) is 29.5. The second kappa shape index (κ2) is 10.6. The molecule has 0 bridgehead atoms. The average molecular weight is 682 g/mol. The van der Waals surface area contributed by atoms with Crippen LogP contribution in [-0.4, -0.2) is 38.5 Å². The number of amides is 4. The van der Waals surface area contributed by atoms with Gasteiger partial charge in [0.2, 0.25) is 11.8 Å². The standard InChI is InChI=1S/C38H27Cl2FN2O5/c1-2-20-7-12-23(13-8-20)42-33(45)27-18-17-26-29(30(27)34(42)46)19-37(39)35(47)43(24-14-10-22(41)11-15-24)36(48)38(37,40)31(26)28-16-9-21-5-3-4-6-25(21)32(28)44/h2-17,27,29-31,44H,1,18-19H2/t27-,29+,30-,31+,37+,38-/m0/s1. The first kappa shape index (κ1) is 30.5. The maximum Gasteiger partial charge on any atom is 0.258 e. The number of hydrogen-bond acceptors (Lipinski definition) is 5. The monoisotopic (exact) mass is 680 g/mol. The van der Waals surface area contributed by atoms with Crippen LogP contribution < -0.4 is 9.80 Å². The zero-order valence-corrected chi connectivity index (χ0v) is 26.8. The molecule has 1 saturated carbocycles. The number of aromatic hydroxyl groups is 1. The van der Waals surface area contributed by atoms with Gasteiger partial charge in [0.05, 0.1) is 23.2 Å². The molecule has 4 aromatic rings. The fourth-order valence-corrected chi connectivity index (χ4v) is 9.19. The molecule has 7 nitrogen and oxygen atoms in total. The molecule has 2 saturated heterocycles. The van der Waals surface area contributed by atoms with Gasteiger partial charge in [-0.05, 0) is 66.1 Å². The Morgan fingerprint density at radius 2 is 1.48 bits per heavy atom. The smallest absolute Gasteiger partial charge is 0.258 e. The van der Waals surface area contributed by atoms with Crippen LogP contribution >= 0.6 is 23.2 Å². The lowest BCUT2D eigenvalue weighted by molar-refractivity contribution is -0.125. The third-order valence-corrected chi connectivity index (χ3v) is 11.9. The highest BCUT2D eigenvalue weighted by atomic mass is 35.5. The number of phenolic OH excluding ortho intramolecular Hbond substituents is 1. The molecule has 2 aliphatic carbocycles. The Kier molecular flexibility index (Phi) is 6.75. The lowest BCUT2D eigenvalue weighted by Crippen LogP contribution is -2.60. The summed E-state index contributed by atoms with van der Waals surface area (Å²) in [5, 5.41) is 13.0. The van der Waals surface area contributed by atoms with Crippen molar-refractivity contribution in [3.05, 3.63) is 120 Å². The predicted octanol–water partition coefficient (Wildman–Crippen LogP) is 7.10. The zero-order valence-electron chi connectivity index (χ0n) is 25.3. The van der Waals surface area contributed by atoms with Gasteiger partial charge in [-0.15, -0.1) is 23.2 Å². The first-order valence-corrected chi connectivity index (χ1v) is 16.3. The molecule has 0 unspecified atom stereocenters. The average Bonchev–Trinajstić information content (AvgIpc) is 3.43. The maximum atomic E-state index is 14.6. The Bertz CT molecular complexity index is 2130. The van der Waals surface area contributed by atoms with Crippen molar-refractivity contribution in [2.75, 3.05) is 9.80 Å². The Morgan fingerprint density at radius 3 is 2.19 bits per heavy atom. The van der Waals surface area contributed by atoms with E-state index in [1.807, 2.05) is 18.2 Å². The highest BCUT2D eigenvalue weighted by Gasteiger charge is 2.77. The lowest BCUT2D eigenvalue weighted by Gasteiger charge is -2.50. The van der Waals surface area contributed by atoms with Gasteiger partial charge in [-0.1, -0.05) is 72.8 Å². The van der Waals surface area contributed by atoms with E-state index in [4.69, 9.17) is 23.2 Å². The third-order valence-electron chi connectivity index (χ3n) is 10.5. The first-order chi connectivity index (χ1) is 23.0. The molecule has 10 heteroatoms. The van der Waals surface area contributed by atoms with E-state index in [1.54, 1.807) is 54.6 Å². The van der Waals surface area contributed by atoms with Crippen LogP contribution in [0.1, 0.15) is 29.9 Å². The van der Waals surface area contributed by atoms with Gasteiger partial charge >= 0.3 is 0 Å². The summed E-state index contributed by atoms with van der Waals surface area (Å²) in [6, 6.07) is 22.3. The van der Waals surface area contributed by atoms with E-state index in [0.717, 1.165) is 28.0 Å². The number of nitrogens with zero attached hydrogens (tertiary/aromatic N) is 2. The van der Waals surface area contributed by atoms with Gasteiger partial charge in [0, 0.05) is 16.9 Å². The molecule has 8 rings (SSSR count). The molecule has 2 heterocycles. The van der Waals surface area contributed by atoms with Crippen molar-refractivity contribution in [3.63, 3.8) is 0 Å². The number of anilines is 2. The van der Waals surface area contributed by atoms with Crippen molar-refractivity contribution in [3.8, 4) is 5.75 Å². The van der Waals surface area contributed by atoms with Crippen LogP contribution in [0.5, 0.6) is 5.75 Å². The summed E-state index contributed by atoms with van der Waals surface area (Å²) in [6.07, 6.45) is 3.43. The number of halogens is 3. The van der Waals surface area contributed by atoms with Gasteiger partial charge in [-0.25, -0.2) is 9.29 Å². The number of hydrogen-bond donors (Lipinski definition) is 1. The Hall–Kier alpha value is -4.79. The molecule has 3 fully saturated rings. The van der Waals surface area contributed by atoms with Gasteiger partial charge < -0.3 is 5.11 Å². The predicted molar refractivity (Wildman–Crippen MR) is 181 cm³/mol. The quantitative estimate of drug-likeness (QED) is 0.141. The molecule has 48 heavy (non-hydrogen) atoms. The number of rotatable bonds is 4. The van der Waals surface area contributed by atoms with Crippen molar-refractivity contribution in [2.24, 2.45) is 17.8 Å². The minimum Gasteiger partial charge on any atom is -0.507 e. The van der Waals surface area contributed by atoms with Crippen molar-refractivity contribution < 1.29 is 28.7 Å². The van der Waals surface area contributed by atoms with E-state index >= 15 is 0 Å². The summed E-state index contributed by atoms with van der Waals surface area (Å²) < 4.78 is 13.9. The SMILES string of the molecule is C=Cc1ccc(N2C(=O)[C@H]3[C@H](CC=C4[C@H]3C[C@@]3(Cl)C(=O)N(c5ccc(F)cc5)C(=O)[C@@]3(Cl)[C@H]4c3ccc4ccccc4c3O)C2=O)cc1. The van der Waals surface area contributed by atoms with Gasteiger partial charge in [0.15, 0.2) is 9.75 Å². The maximum absolute atomic E-state index is 14.6. The molecule has 4 amide bonds. The molecule has 4 aromatic carbocycles. The summed E-state index contributed by atoms with van der Waals surface area (Å²) in [5.74, 6) is -6.74. The van der Waals surface area contributed by atoms with E-state index in [2.05, 4.69) is 6.58 Å². The highest BCUT2D eigenvalue weighted by Crippen LogP contribution is 2.66. The topological polar surface area (TPSA) is 95.0 Å². The Balaban J connectivity index is 1.31. The molecular formula is C38H27Cl2FN2O5. The summed E-state index contributed by atoms with van der Waals surface area (Å²) in [5.41, 5.74) is 2.13. The minimum atomic E-state index is -2.15. The van der Waals surface area contributed by atoms with Gasteiger partial charge in [-0.3, -0.25) is 24.1 Å². The molecule has 240 valence electrons. The van der Waals surface area contributed by atoms with Crippen LogP contribution in [-0.2, 0) is 19.2 Å². The van der Waals surface area contributed by atoms with E-state index < -0.39 is 57.0 Å². The van der Waals surface area contributed by atoms with Crippen molar-refractivity contribution >= 4 is 75.1 Å². The summed E-state index contributed by atoms with van der Waals surface area (Å²) in [4.78, 5) is 55.0. The van der Waals surface area contributed by atoms with Crippen molar-refractivity contribution in [2.45, 2.75) is 28.5 Å². The number of imide groups is 2. The Morgan fingerprint density at radius 1 is 0.812 bits per heavy atom. The number of alkyl halides is 2. The molecule has 6 atom stereocenters. The van der Waals surface area contributed by atoms with Crippen molar-refractivity contribution in [1.82, 2.24) is 0 Å².